The van der Waals surface area contributed by atoms with Gasteiger partial charge in [-0.15, -0.1) is 0 Å². The Morgan fingerprint density at radius 1 is 1.25 bits per heavy atom. The van der Waals surface area contributed by atoms with Crippen LogP contribution < -0.4 is 0 Å². The summed E-state index contributed by atoms with van der Waals surface area (Å²) >= 11 is 0. The number of hydrogen-bond donors (Lipinski definition) is 1. The van der Waals surface area contributed by atoms with Crippen LogP contribution in [0.2, 0.25) is 0 Å². The molecule has 0 radical (unpaired) electrons. The fourth-order valence-corrected chi connectivity index (χ4v) is 2.41. The molecule has 1 N–H and O–H groups in total. The second kappa shape index (κ2) is 8.32. The van der Waals surface area contributed by atoms with E-state index < -0.39 is 0 Å². The molecule has 1 saturated heterocycles. The standard InChI is InChI=1S/C15H23FN2O2/c16-15-3-1-2-14(12-15)13-18(6-9-19)5-4-17-7-10-20-11-8-17/h1-3,12,19H,4-11,13H2. The van der Waals surface area contributed by atoms with Crippen LogP contribution in [0.4, 0.5) is 4.39 Å². The highest BCUT2D eigenvalue weighted by molar-refractivity contribution is 5.16. The number of halogens is 1. The molecular formula is C15H23FN2O2. The van der Waals surface area contributed by atoms with Gasteiger partial charge in [0, 0.05) is 39.3 Å². The zero-order valence-electron chi connectivity index (χ0n) is 11.8. The number of hydrogen-bond acceptors (Lipinski definition) is 4. The van der Waals surface area contributed by atoms with E-state index in [0.29, 0.717) is 13.1 Å². The van der Waals surface area contributed by atoms with Crippen LogP contribution in [0.25, 0.3) is 0 Å². The van der Waals surface area contributed by atoms with Crippen molar-refractivity contribution in [1.29, 1.82) is 0 Å². The lowest BCUT2D eigenvalue weighted by atomic mass is 10.2. The second-order valence-electron chi connectivity index (χ2n) is 5.08. The van der Waals surface area contributed by atoms with E-state index in [-0.39, 0.29) is 12.4 Å². The van der Waals surface area contributed by atoms with Crippen LogP contribution in [0.5, 0.6) is 0 Å². The van der Waals surface area contributed by atoms with Crippen LogP contribution in [0.1, 0.15) is 5.56 Å². The molecule has 5 heteroatoms. The van der Waals surface area contributed by atoms with Crippen LogP contribution in [0.15, 0.2) is 24.3 Å². The van der Waals surface area contributed by atoms with E-state index in [1.807, 2.05) is 6.07 Å². The first-order valence-corrected chi connectivity index (χ1v) is 7.15. The molecule has 0 spiro atoms. The van der Waals surface area contributed by atoms with Crippen molar-refractivity contribution in [2.75, 3.05) is 52.5 Å². The zero-order chi connectivity index (χ0) is 14.2. The lowest BCUT2D eigenvalue weighted by Crippen LogP contribution is -2.41. The van der Waals surface area contributed by atoms with Gasteiger partial charge in [-0.05, 0) is 17.7 Å². The van der Waals surface area contributed by atoms with E-state index in [0.717, 1.165) is 45.0 Å². The monoisotopic (exact) mass is 282 g/mol. The van der Waals surface area contributed by atoms with Crippen molar-refractivity contribution < 1.29 is 14.2 Å². The average molecular weight is 282 g/mol. The van der Waals surface area contributed by atoms with Gasteiger partial charge in [-0.3, -0.25) is 9.80 Å². The Labute approximate surface area is 119 Å². The van der Waals surface area contributed by atoms with Crippen molar-refractivity contribution in [3.05, 3.63) is 35.6 Å². The van der Waals surface area contributed by atoms with Crippen LogP contribution >= 0.6 is 0 Å². The fraction of sp³-hybridized carbons (Fsp3) is 0.600. The van der Waals surface area contributed by atoms with Gasteiger partial charge in [-0.1, -0.05) is 12.1 Å². The highest BCUT2D eigenvalue weighted by Crippen LogP contribution is 2.07. The molecule has 1 aliphatic heterocycles. The Morgan fingerprint density at radius 2 is 2.05 bits per heavy atom. The Bertz CT molecular complexity index is 397. The molecule has 112 valence electrons. The SMILES string of the molecule is OCCN(CCN1CCOCC1)Cc1cccc(F)c1. The van der Waals surface area contributed by atoms with Crippen molar-refractivity contribution in [2.24, 2.45) is 0 Å². The average Bonchev–Trinajstić information content (AvgIpc) is 2.46. The van der Waals surface area contributed by atoms with Gasteiger partial charge in [0.1, 0.15) is 5.82 Å². The number of rotatable bonds is 7. The van der Waals surface area contributed by atoms with Crippen molar-refractivity contribution in [2.45, 2.75) is 6.54 Å². The topological polar surface area (TPSA) is 35.9 Å². The van der Waals surface area contributed by atoms with Crippen LogP contribution in [-0.4, -0.2) is 67.5 Å². The normalized spacial score (nSPS) is 16.8. The molecule has 0 saturated carbocycles. The summed E-state index contributed by atoms with van der Waals surface area (Å²) < 4.78 is 18.5. The third-order valence-electron chi connectivity index (χ3n) is 3.55. The molecule has 20 heavy (non-hydrogen) atoms. The summed E-state index contributed by atoms with van der Waals surface area (Å²) in [6.07, 6.45) is 0. The van der Waals surface area contributed by atoms with E-state index in [4.69, 9.17) is 9.84 Å². The second-order valence-corrected chi connectivity index (χ2v) is 5.08. The quantitative estimate of drug-likeness (QED) is 0.808. The van der Waals surface area contributed by atoms with Gasteiger partial charge < -0.3 is 9.84 Å². The summed E-state index contributed by atoms with van der Waals surface area (Å²) in [5.41, 5.74) is 0.945. The van der Waals surface area contributed by atoms with Gasteiger partial charge in [0.05, 0.1) is 19.8 Å². The molecule has 1 aliphatic rings. The zero-order valence-corrected chi connectivity index (χ0v) is 11.8. The van der Waals surface area contributed by atoms with Gasteiger partial charge in [0.25, 0.3) is 0 Å². The van der Waals surface area contributed by atoms with Crippen LogP contribution in [0.3, 0.4) is 0 Å². The number of ether oxygens (including phenoxy) is 1. The molecule has 4 nitrogen and oxygen atoms in total. The highest BCUT2D eigenvalue weighted by Gasteiger charge is 2.12. The summed E-state index contributed by atoms with van der Waals surface area (Å²) in [5, 5.41) is 9.16. The first-order chi connectivity index (χ1) is 9.78. The molecule has 1 aromatic rings. The van der Waals surface area contributed by atoms with E-state index in [9.17, 15) is 4.39 Å². The molecule has 1 aromatic carbocycles. The maximum Gasteiger partial charge on any atom is 0.123 e. The van der Waals surface area contributed by atoms with Gasteiger partial charge in [0.2, 0.25) is 0 Å². The molecule has 0 atom stereocenters. The maximum atomic E-state index is 13.2. The minimum absolute atomic E-state index is 0.123. The van der Waals surface area contributed by atoms with Gasteiger partial charge in [0.15, 0.2) is 0 Å². The first-order valence-electron chi connectivity index (χ1n) is 7.15. The molecule has 1 fully saturated rings. The van der Waals surface area contributed by atoms with Gasteiger partial charge >= 0.3 is 0 Å². The minimum atomic E-state index is -0.209. The van der Waals surface area contributed by atoms with Crippen LogP contribution in [0, 0.1) is 5.82 Å². The third-order valence-corrected chi connectivity index (χ3v) is 3.55. The van der Waals surface area contributed by atoms with E-state index in [1.165, 1.54) is 6.07 Å². The van der Waals surface area contributed by atoms with Gasteiger partial charge in [-0.25, -0.2) is 4.39 Å². The lowest BCUT2D eigenvalue weighted by molar-refractivity contribution is 0.0320. The molecule has 0 amide bonds. The predicted octanol–water partition coefficient (Wildman–Crippen LogP) is 0.952. The van der Waals surface area contributed by atoms with Crippen molar-refractivity contribution in [3.8, 4) is 0 Å². The Hall–Kier alpha value is -1.01. The predicted molar refractivity (Wildman–Crippen MR) is 76.0 cm³/mol. The smallest absolute Gasteiger partial charge is 0.123 e. The van der Waals surface area contributed by atoms with Crippen molar-refractivity contribution in [3.63, 3.8) is 0 Å². The molecule has 1 heterocycles. The number of nitrogens with zero attached hydrogens (tertiary/aromatic N) is 2. The third kappa shape index (κ3) is 5.17. The number of aliphatic hydroxyl groups excluding tert-OH is 1. The number of morpholine rings is 1. The van der Waals surface area contributed by atoms with Crippen molar-refractivity contribution >= 4 is 0 Å². The Kier molecular flexibility index (Phi) is 6.39. The molecule has 0 aromatic heterocycles. The number of aliphatic hydroxyl groups is 1. The van der Waals surface area contributed by atoms with Gasteiger partial charge in [-0.2, -0.15) is 0 Å². The van der Waals surface area contributed by atoms with Crippen molar-refractivity contribution in [1.82, 2.24) is 9.80 Å². The van der Waals surface area contributed by atoms with E-state index >= 15 is 0 Å². The van der Waals surface area contributed by atoms with Crippen LogP contribution in [-0.2, 0) is 11.3 Å². The summed E-state index contributed by atoms with van der Waals surface area (Å²) in [4.78, 5) is 4.52. The van der Waals surface area contributed by atoms with E-state index in [2.05, 4.69) is 9.80 Å². The largest absolute Gasteiger partial charge is 0.395 e. The summed E-state index contributed by atoms with van der Waals surface area (Å²) in [6.45, 7) is 6.76. The van der Waals surface area contributed by atoms with E-state index in [1.54, 1.807) is 12.1 Å². The maximum absolute atomic E-state index is 13.2. The molecular weight excluding hydrogens is 259 g/mol. The summed E-state index contributed by atoms with van der Waals surface area (Å²) in [6, 6.07) is 6.65. The highest BCUT2D eigenvalue weighted by atomic mass is 19.1. The Balaban J connectivity index is 1.82. The number of benzene rings is 1. The molecule has 0 aliphatic carbocycles. The lowest BCUT2D eigenvalue weighted by Gasteiger charge is -2.29. The Morgan fingerprint density at radius 3 is 2.75 bits per heavy atom. The molecule has 0 unspecified atom stereocenters. The summed E-state index contributed by atoms with van der Waals surface area (Å²) in [7, 11) is 0. The first kappa shape index (κ1) is 15.4. The minimum Gasteiger partial charge on any atom is -0.395 e. The molecule has 2 rings (SSSR count). The molecule has 0 bridgehead atoms. The summed E-state index contributed by atoms with van der Waals surface area (Å²) in [5.74, 6) is -0.209. The fourth-order valence-electron chi connectivity index (χ4n) is 2.41.